The summed E-state index contributed by atoms with van der Waals surface area (Å²) in [5.41, 5.74) is 1.31. The van der Waals surface area contributed by atoms with Gasteiger partial charge in [0.25, 0.3) is 11.8 Å². The number of ether oxygens (including phenoxy) is 1. The van der Waals surface area contributed by atoms with Gasteiger partial charge in [0, 0.05) is 6.54 Å². The molecule has 0 saturated carbocycles. The van der Waals surface area contributed by atoms with E-state index in [1.807, 2.05) is 6.07 Å². The molecule has 0 bridgehead atoms. The Morgan fingerprint density at radius 1 is 1.00 bits per heavy atom. The van der Waals surface area contributed by atoms with Crippen LogP contribution >= 0.6 is 12.2 Å². The monoisotopic (exact) mass is 439 g/mol. The quantitative estimate of drug-likeness (QED) is 0.269. The SMILES string of the molecule is C=CCNC(=O)c1ccccc1NC(=S)NC(=O)c1ccccc1OCCCCCC. The maximum atomic E-state index is 12.8. The number of rotatable bonds is 11. The Labute approximate surface area is 189 Å². The molecule has 0 fully saturated rings. The third kappa shape index (κ3) is 7.86. The van der Waals surface area contributed by atoms with E-state index < -0.39 is 0 Å². The molecule has 0 aliphatic heterocycles. The van der Waals surface area contributed by atoms with E-state index >= 15 is 0 Å². The molecule has 31 heavy (non-hydrogen) atoms. The van der Waals surface area contributed by atoms with Crippen molar-refractivity contribution in [2.75, 3.05) is 18.5 Å². The van der Waals surface area contributed by atoms with Crippen molar-refractivity contribution in [3.8, 4) is 5.75 Å². The highest BCUT2D eigenvalue weighted by Crippen LogP contribution is 2.19. The zero-order chi connectivity index (χ0) is 22.5. The highest BCUT2D eigenvalue weighted by molar-refractivity contribution is 7.80. The normalized spacial score (nSPS) is 10.1. The summed E-state index contributed by atoms with van der Waals surface area (Å²) in [4.78, 5) is 25.1. The summed E-state index contributed by atoms with van der Waals surface area (Å²) >= 11 is 5.29. The van der Waals surface area contributed by atoms with Gasteiger partial charge in [0.1, 0.15) is 5.75 Å². The average molecular weight is 440 g/mol. The van der Waals surface area contributed by atoms with Crippen LogP contribution in [0.25, 0.3) is 0 Å². The lowest BCUT2D eigenvalue weighted by atomic mass is 10.1. The number of carbonyl (C=O) groups is 2. The molecule has 7 heteroatoms. The topological polar surface area (TPSA) is 79.5 Å². The number of anilines is 1. The zero-order valence-corrected chi connectivity index (χ0v) is 18.6. The number of amides is 2. The van der Waals surface area contributed by atoms with Gasteiger partial charge in [-0.2, -0.15) is 0 Å². The Balaban J connectivity index is 2.00. The maximum absolute atomic E-state index is 12.8. The third-order valence-corrected chi connectivity index (χ3v) is 4.65. The Hall–Kier alpha value is -3.19. The summed E-state index contributed by atoms with van der Waals surface area (Å²) in [7, 11) is 0. The van der Waals surface area contributed by atoms with Crippen LogP contribution < -0.4 is 20.7 Å². The maximum Gasteiger partial charge on any atom is 0.261 e. The van der Waals surface area contributed by atoms with Crippen molar-refractivity contribution in [2.24, 2.45) is 0 Å². The van der Waals surface area contributed by atoms with Crippen LogP contribution in [0.3, 0.4) is 0 Å². The first-order valence-corrected chi connectivity index (χ1v) is 10.8. The van der Waals surface area contributed by atoms with Crippen molar-refractivity contribution in [1.82, 2.24) is 10.6 Å². The molecule has 0 heterocycles. The summed E-state index contributed by atoms with van der Waals surface area (Å²) < 4.78 is 5.81. The molecule has 0 aromatic heterocycles. The van der Waals surface area contributed by atoms with E-state index in [0.29, 0.717) is 35.7 Å². The standard InChI is InChI=1S/C24H29N3O3S/c1-3-5-6-11-17-30-21-15-10-8-13-19(21)23(29)27-24(31)26-20-14-9-7-12-18(20)22(28)25-16-4-2/h4,7-10,12-15H,2-3,5-6,11,16-17H2,1H3,(H,25,28)(H2,26,27,29,31). The van der Waals surface area contributed by atoms with Crippen LogP contribution in [-0.4, -0.2) is 30.1 Å². The number of nitrogens with one attached hydrogen (secondary N) is 3. The lowest BCUT2D eigenvalue weighted by Gasteiger charge is -2.15. The molecule has 2 aromatic rings. The van der Waals surface area contributed by atoms with Crippen LogP contribution in [-0.2, 0) is 0 Å². The summed E-state index contributed by atoms with van der Waals surface area (Å²) in [5.74, 6) is -0.127. The molecule has 6 nitrogen and oxygen atoms in total. The van der Waals surface area contributed by atoms with Crippen molar-refractivity contribution >= 4 is 34.8 Å². The first kappa shape index (κ1) is 24.1. The molecule has 0 aliphatic carbocycles. The molecule has 0 spiro atoms. The molecule has 0 aliphatic rings. The predicted molar refractivity (Wildman–Crippen MR) is 129 cm³/mol. The largest absolute Gasteiger partial charge is 0.493 e. The smallest absolute Gasteiger partial charge is 0.261 e. The predicted octanol–water partition coefficient (Wildman–Crippen LogP) is 4.69. The number of carbonyl (C=O) groups excluding carboxylic acids is 2. The number of unbranched alkanes of at least 4 members (excludes halogenated alkanes) is 3. The molecule has 164 valence electrons. The number of hydrogen-bond acceptors (Lipinski definition) is 4. The molecule has 2 amide bonds. The van der Waals surface area contributed by atoms with E-state index in [4.69, 9.17) is 17.0 Å². The Kier molecular flexibility index (Phi) is 10.2. The molecule has 0 unspecified atom stereocenters. The van der Waals surface area contributed by atoms with Crippen LogP contribution in [0, 0.1) is 0 Å². The second-order valence-electron chi connectivity index (χ2n) is 6.86. The van der Waals surface area contributed by atoms with Crippen LogP contribution in [0.2, 0.25) is 0 Å². The molecule has 0 radical (unpaired) electrons. The fourth-order valence-corrected chi connectivity index (χ4v) is 3.07. The summed E-state index contributed by atoms with van der Waals surface area (Å²) in [6.45, 7) is 6.65. The van der Waals surface area contributed by atoms with Crippen molar-refractivity contribution in [3.63, 3.8) is 0 Å². The van der Waals surface area contributed by atoms with E-state index in [1.54, 1.807) is 48.5 Å². The number of para-hydroxylation sites is 2. The van der Waals surface area contributed by atoms with E-state index in [-0.39, 0.29) is 16.9 Å². The summed E-state index contributed by atoms with van der Waals surface area (Å²) in [6.07, 6.45) is 5.95. The van der Waals surface area contributed by atoms with Crippen LogP contribution in [0.15, 0.2) is 61.2 Å². The number of benzene rings is 2. The highest BCUT2D eigenvalue weighted by atomic mass is 32.1. The van der Waals surface area contributed by atoms with E-state index in [0.717, 1.165) is 19.3 Å². The Morgan fingerprint density at radius 2 is 1.71 bits per heavy atom. The van der Waals surface area contributed by atoms with Gasteiger partial charge in [-0.25, -0.2) is 0 Å². The Morgan fingerprint density at radius 3 is 2.45 bits per heavy atom. The van der Waals surface area contributed by atoms with Crippen molar-refractivity contribution < 1.29 is 14.3 Å². The van der Waals surface area contributed by atoms with Gasteiger partial charge in [-0.3, -0.25) is 14.9 Å². The second kappa shape index (κ2) is 13.2. The fourth-order valence-electron chi connectivity index (χ4n) is 2.87. The van der Waals surface area contributed by atoms with Crippen molar-refractivity contribution in [1.29, 1.82) is 0 Å². The van der Waals surface area contributed by atoms with Crippen LogP contribution in [0.4, 0.5) is 5.69 Å². The van der Waals surface area contributed by atoms with Gasteiger partial charge in [0.05, 0.1) is 23.4 Å². The van der Waals surface area contributed by atoms with Gasteiger partial charge in [0.2, 0.25) is 0 Å². The van der Waals surface area contributed by atoms with Crippen molar-refractivity contribution in [3.05, 3.63) is 72.3 Å². The molecular weight excluding hydrogens is 410 g/mol. The van der Waals surface area contributed by atoms with E-state index in [9.17, 15) is 9.59 Å². The molecule has 0 atom stereocenters. The Bertz CT molecular complexity index is 914. The molecule has 2 aromatic carbocycles. The van der Waals surface area contributed by atoms with E-state index in [1.165, 1.54) is 6.42 Å². The van der Waals surface area contributed by atoms with Gasteiger partial charge in [-0.1, -0.05) is 56.5 Å². The zero-order valence-electron chi connectivity index (χ0n) is 17.8. The first-order chi connectivity index (χ1) is 15.1. The van der Waals surface area contributed by atoms with Gasteiger partial charge in [0.15, 0.2) is 5.11 Å². The highest BCUT2D eigenvalue weighted by Gasteiger charge is 2.15. The average Bonchev–Trinajstić information content (AvgIpc) is 2.77. The van der Waals surface area contributed by atoms with E-state index in [2.05, 4.69) is 29.5 Å². The molecule has 0 saturated heterocycles. The lowest BCUT2D eigenvalue weighted by Crippen LogP contribution is -2.35. The van der Waals surface area contributed by atoms with Gasteiger partial charge < -0.3 is 15.4 Å². The van der Waals surface area contributed by atoms with Crippen LogP contribution in [0.1, 0.15) is 53.3 Å². The third-order valence-electron chi connectivity index (χ3n) is 4.44. The lowest BCUT2D eigenvalue weighted by molar-refractivity contribution is 0.0955. The van der Waals surface area contributed by atoms with Gasteiger partial charge >= 0.3 is 0 Å². The molecule has 3 N–H and O–H groups in total. The second-order valence-corrected chi connectivity index (χ2v) is 7.27. The van der Waals surface area contributed by atoms with Crippen molar-refractivity contribution in [2.45, 2.75) is 32.6 Å². The number of thiocarbonyl (C=S) groups is 1. The fraction of sp³-hybridized carbons (Fsp3) is 0.292. The first-order valence-electron chi connectivity index (χ1n) is 10.4. The number of hydrogen-bond donors (Lipinski definition) is 3. The summed E-state index contributed by atoms with van der Waals surface area (Å²) in [6, 6.07) is 14.0. The van der Waals surface area contributed by atoms with Gasteiger partial charge in [-0.15, -0.1) is 6.58 Å². The molecular formula is C24H29N3O3S. The molecule has 2 rings (SSSR count). The minimum atomic E-state index is -0.379. The minimum Gasteiger partial charge on any atom is -0.493 e. The minimum absolute atomic E-state index is 0.0896. The summed E-state index contributed by atoms with van der Waals surface area (Å²) in [5, 5.41) is 8.40. The van der Waals surface area contributed by atoms with Crippen LogP contribution in [0.5, 0.6) is 5.75 Å². The van der Waals surface area contributed by atoms with Gasteiger partial charge in [-0.05, 0) is 42.9 Å².